The number of hydrogen-bond donors (Lipinski definition) is 2. The van der Waals surface area contributed by atoms with Gasteiger partial charge in [0, 0.05) is 16.6 Å². The fraction of sp³-hybridized carbons (Fsp3) is 0.417. The van der Waals surface area contributed by atoms with Crippen molar-refractivity contribution < 1.29 is 13.2 Å². The molecule has 0 aromatic heterocycles. The Morgan fingerprint density at radius 2 is 2.05 bits per heavy atom. The number of nitrogens with two attached hydrogens (primary N) is 1. The number of rotatable bonds is 4. The van der Waals surface area contributed by atoms with Gasteiger partial charge in [0.25, 0.3) is 0 Å². The van der Waals surface area contributed by atoms with E-state index in [9.17, 15) is 13.2 Å². The topological polar surface area (TPSA) is 89.3 Å². The van der Waals surface area contributed by atoms with Crippen molar-refractivity contribution in [3.63, 3.8) is 0 Å². The Balaban J connectivity index is 1.77. The van der Waals surface area contributed by atoms with Gasteiger partial charge < -0.3 is 11.1 Å². The zero-order valence-electron chi connectivity index (χ0n) is 10.3. The first kappa shape index (κ1) is 14.2. The Hall–Kier alpha value is -1.21. The number of nitrogen functional groups attached to an aromatic ring is 1. The van der Waals surface area contributed by atoms with E-state index in [1.165, 1.54) is 11.8 Å². The molecule has 1 aliphatic heterocycles. The molecular formula is C12H16N2O3S2. The minimum Gasteiger partial charge on any atom is -0.399 e. The predicted molar refractivity (Wildman–Crippen MR) is 76.8 cm³/mol. The van der Waals surface area contributed by atoms with Crippen LogP contribution in [0.15, 0.2) is 29.2 Å². The number of sulfone groups is 1. The average Bonchev–Trinajstić information content (AvgIpc) is 2.68. The number of carbonyl (C=O) groups excluding carboxylic acids is 1. The molecule has 19 heavy (non-hydrogen) atoms. The van der Waals surface area contributed by atoms with E-state index in [0.29, 0.717) is 12.1 Å². The molecule has 5 nitrogen and oxygen atoms in total. The van der Waals surface area contributed by atoms with E-state index in [4.69, 9.17) is 5.73 Å². The van der Waals surface area contributed by atoms with E-state index >= 15 is 0 Å². The van der Waals surface area contributed by atoms with E-state index in [1.54, 1.807) is 12.1 Å². The van der Waals surface area contributed by atoms with E-state index in [-0.39, 0.29) is 29.2 Å². The van der Waals surface area contributed by atoms with Gasteiger partial charge >= 0.3 is 0 Å². The van der Waals surface area contributed by atoms with Gasteiger partial charge in [-0.25, -0.2) is 8.42 Å². The maximum atomic E-state index is 11.7. The van der Waals surface area contributed by atoms with E-state index in [1.807, 2.05) is 12.1 Å². The number of thioether (sulfide) groups is 1. The highest BCUT2D eigenvalue weighted by Gasteiger charge is 2.28. The smallest absolute Gasteiger partial charge is 0.230 e. The molecule has 1 aromatic rings. The SMILES string of the molecule is Nc1ccc(SCC(=O)NC2CCS(=O)(=O)C2)cc1. The van der Waals surface area contributed by atoms with Crippen LogP contribution in [0.3, 0.4) is 0 Å². The molecule has 2 rings (SSSR count). The van der Waals surface area contributed by atoms with Crippen molar-refractivity contribution in [1.82, 2.24) is 5.32 Å². The lowest BCUT2D eigenvalue weighted by atomic mass is 10.3. The molecule has 1 heterocycles. The Kier molecular flexibility index (Phi) is 4.36. The first-order valence-electron chi connectivity index (χ1n) is 5.93. The Bertz CT molecular complexity index is 555. The van der Waals surface area contributed by atoms with Gasteiger partial charge in [-0.3, -0.25) is 4.79 Å². The maximum absolute atomic E-state index is 11.7. The normalized spacial score (nSPS) is 21.2. The number of anilines is 1. The summed E-state index contributed by atoms with van der Waals surface area (Å²) >= 11 is 1.40. The van der Waals surface area contributed by atoms with Crippen LogP contribution in [0.5, 0.6) is 0 Å². The molecule has 104 valence electrons. The molecular weight excluding hydrogens is 284 g/mol. The molecule has 1 amide bonds. The maximum Gasteiger partial charge on any atom is 0.230 e. The van der Waals surface area contributed by atoms with Crippen LogP contribution in [0.4, 0.5) is 5.69 Å². The summed E-state index contributed by atoms with van der Waals surface area (Å²) in [5.74, 6) is 0.373. The molecule has 1 aliphatic rings. The zero-order valence-corrected chi connectivity index (χ0v) is 12.0. The molecule has 0 aliphatic carbocycles. The largest absolute Gasteiger partial charge is 0.399 e. The fourth-order valence-corrected chi connectivity index (χ4v) is 4.27. The molecule has 1 fully saturated rings. The lowest BCUT2D eigenvalue weighted by Gasteiger charge is -2.10. The van der Waals surface area contributed by atoms with Crippen molar-refractivity contribution >= 4 is 33.2 Å². The van der Waals surface area contributed by atoms with Crippen molar-refractivity contribution in [2.24, 2.45) is 0 Å². The monoisotopic (exact) mass is 300 g/mol. The van der Waals surface area contributed by atoms with Gasteiger partial charge in [0.05, 0.1) is 17.3 Å². The summed E-state index contributed by atoms with van der Waals surface area (Å²) in [5.41, 5.74) is 6.26. The third kappa shape index (κ3) is 4.43. The summed E-state index contributed by atoms with van der Waals surface area (Å²) in [6.07, 6.45) is 0.514. The Morgan fingerprint density at radius 3 is 2.63 bits per heavy atom. The van der Waals surface area contributed by atoms with Gasteiger partial charge in [0.2, 0.25) is 5.91 Å². The minimum absolute atomic E-state index is 0.0608. The average molecular weight is 300 g/mol. The summed E-state index contributed by atoms with van der Waals surface area (Å²) in [4.78, 5) is 12.7. The molecule has 0 bridgehead atoms. The van der Waals surface area contributed by atoms with Gasteiger partial charge in [-0.05, 0) is 30.7 Å². The van der Waals surface area contributed by atoms with Crippen LogP contribution in [0, 0.1) is 0 Å². The van der Waals surface area contributed by atoms with Crippen molar-refractivity contribution in [2.75, 3.05) is 23.0 Å². The first-order valence-corrected chi connectivity index (χ1v) is 8.73. The number of amides is 1. The van der Waals surface area contributed by atoms with Crippen LogP contribution in [0.1, 0.15) is 6.42 Å². The van der Waals surface area contributed by atoms with Crippen LogP contribution in [-0.4, -0.2) is 37.6 Å². The van der Waals surface area contributed by atoms with Gasteiger partial charge in [0.1, 0.15) is 0 Å². The Morgan fingerprint density at radius 1 is 1.37 bits per heavy atom. The molecule has 1 saturated heterocycles. The summed E-state index contributed by atoms with van der Waals surface area (Å²) in [6.45, 7) is 0. The molecule has 1 aromatic carbocycles. The van der Waals surface area contributed by atoms with E-state index in [2.05, 4.69) is 5.32 Å². The van der Waals surface area contributed by atoms with Crippen LogP contribution >= 0.6 is 11.8 Å². The number of carbonyl (C=O) groups is 1. The standard InChI is InChI=1S/C12H16N2O3S2/c13-9-1-3-11(4-2-9)18-7-12(15)14-10-5-6-19(16,17)8-10/h1-4,10H,5-8,13H2,(H,14,15). The van der Waals surface area contributed by atoms with Crippen molar-refractivity contribution in [3.8, 4) is 0 Å². The summed E-state index contributed by atoms with van der Waals surface area (Å²) in [6, 6.07) is 7.04. The van der Waals surface area contributed by atoms with Crippen LogP contribution in [0.2, 0.25) is 0 Å². The molecule has 7 heteroatoms. The molecule has 1 unspecified atom stereocenters. The highest BCUT2D eigenvalue weighted by atomic mass is 32.2. The lowest BCUT2D eigenvalue weighted by Crippen LogP contribution is -2.36. The molecule has 0 radical (unpaired) electrons. The number of nitrogens with one attached hydrogen (secondary N) is 1. The van der Waals surface area contributed by atoms with E-state index < -0.39 is 9.84 Å². The summed E-state index contributed by atoms with van der Waals surface area (Å²) < 4.78 is 22.5. The molecule has 0 spiro atoms. The van der Waals surface area contributed by atoms with E-state index in [0.717, 1.165) is 4.90 Å². The quantitative estimate of drug-likeness (QED) is 0.630. The second-order valence-corrected chi connectivity index (χ2v) is 7.80. The van der Waals surface area contributed by atoms with Crippen LogP contribution in [0.25, 0.3) is 0 Å². The summed E-state index contributed by atoms with van der Waals surface area (Å²) in [7, 11) is -2.95. The number of hydrogen-bond acceptors (Lipinski definition) is 5. The zero-order chi connectivity index (χ0) is 13.9. The van der Waals surface area contributed by atoms with Crippen molar-refractivity contribution in [3.05, 3.63) is 24.3 Å². The molecule has 1 atom stereocenters. The van der Waals surface area contributed by atoms with Gasteiger partial charge in [0.15, 0.2) is 9.84 Å². The van der Waals surface area contributed by atoms with Gasteiger partial charge in [-0.2, -0.15) is 0 Å². The van der Waals surface area contributed by atoms with Gasteiger partial charge in [-0.1, -0.05) is 0 Å². The lowest BCUT2D eigenvalue weighted by molar-refractivity contribution is -0.119. The first-order chi connectivity index (χ1) is 8.94. The highest BCUT2D eigenvalue weighted by Crippen LogP contribution is 2.19. The van der Waals surface area contributed by atoms with Gasteiger partial charge in [-0.15, -0.1) is 11.8 Å². The Labute approximate surface area is 116 Å². The molecule has 3 N–H and O–H groups in total. The molecule has 0 saturated carbocycles. The van der Waals surface area contributed by atoms with Crippen LogP contribution in [-0.2, 0) is 14.6 Å². The predicted octanol–water partition coefficient (Wildman–Crippen LogP) is 0.664. The van der Waals surface area contributed by atoms with Crippen LogP contribution < -0.4 is 11.1 Å². The number of benzene rings is 1. The third-order valence-corrected chi connectivity index (χ3v) is 5.63. The fourth-order valence-electron chi connectivity index (χ4n) is 1.89. The third-order valence-electron chi connectivity index (χ3n) is 2.85. The second kappa shape index (κ2) is 5.83. The highest BCUT2D eigenvalue weighted by molar-refractivity contribution is 8.00. The van der Waals surface area contributed by atoms with Crippen molar-refractivity contribution in [1.29, 1.82) is 0 Å². The van der Waals surface area contributed by atoms with Crippen molar-refractivity contribution in [2.45, 2.75) is 17.4 Å². The minimum atomic E-state index is -2.95. The summed E-state index contributed by atoms with van der Waals surface area (Å²) in [5, 5.41) is 2.75. The second-order valence-electron chi connectivity index (χ2n) is 4.53.